The first-order valence-corrected chi connectivity index (χ1v) is 10.5. The lowest BCUT2D eigenvalue weighted by molar-refractivity contribution is 0.241. The zero-order valence-corrected chi connectivity index (χ0v) is 18.6. The number of hydrogen-bond donors (Lipinski definition) is 0. The van der Waals surface area contributed by atoms with Gasteiger partial charge >= 0.3 is 0 Å². The van der Waals surface area contributed by atoms with Crippen LogP contribution in [0, 0.1) is 13.8 Å². The third kappa shape index (κ3) is 6.48. The summed E-state index contributed by atoms with van der Waals surface area (Å²) in [7, 11) is 1.64. The van der Waals surface area contributed by atoms with E-state index in [2.05, 4.69) is 13.8 Å². The van der Waals surface area contributed by atoms with Crippen LogP contribution in [0.15, 0.2) is 101 Å². The van der Waals surface area contributed by atoms with Crippen molar-refractivity contribution in [2.24, 2.45) is 4.99 Å². The van der Waals surface area contributed by atoms with Crippen molar-refractivity contribution in [1.29, 1.82) is 0 Å². The summed E-state index contributed by atoms with van der Waals surface area (Å²) in [5.41, 5.74) is 3.97. The smallest absolute Gasteiger partial charge is 0.226 e. The molecule has 4 nitrogen and oxygen atoms in total. The number of aryl methyl sites for hydroxylation is 2. The lowest BCUT2D eigenvalue weighted by atomic mass is 10.2. The number of hydrogen-bond acceptors (Lipinski definition) is 4. The van der Waals surface area contributed by atoms with Crippen molar-refractivity contribution in [2.75, 3.05) is 7.11 Å². The van der Waals surface area contributed by atoms with Gasteiger partial charge in [0.05, 0.1) is 19.1 Å². The van der Waals surface area contributed by atoms with Gasteiger partial charge in [-0.25, -0.2) is 4.99 Å². The Hall–Kier alpha value is -3.53. The molecule has 3 rings (SSSR count). The molecular formula is C27H29NO3. The van der Waals surface area contributed by atoms with Gasteiger partial charge in [-0.1, -0.05) is 48.9 Å². The van der Waals surface area contributed by atoms with Crippen molar-refractivity contribution in [3.05, 3.63) is 107 Å². The van der Waals surface area contributed by atoms with E-state index in [0.717, 1.165) is 29.0 Å². The fourth-order valence-corrected chi connectivity index (χ4v) is 2.97. The van der Waals surface area contributed by atoms with Gasteiger partial charge in [-0.2, -0.15) is 0 Å². The van der Waals surface area contributed by atoms with Crippen molar-refractivity contribution in [3.8, 4) is 5.75 Å². The Labute approximate surface area is 184 Å². The van der Waals surface area contributed by atoms with E-state index in [-0.39, 0.29) is 0 Å². The number of methoxy groups -OCH3 is 1. The first-order chi connectivity index (χ1) is 15.1. The van der Waals surface area contributed by atoms with Crippen LogP contribution in [0.4, 0.5) is 5.69 Å². The first kappa shape index (κ1) is 22.2. The molecule has 2 aromatic rings. The molecule has 0 saturated heterocycles. The predicted molar refractivity (Wildman–Crippen MR) is 126 cm³/mol. The lowest BCUT2D eigenvalue weighted by Gasteiger charge is -2.14. The second kappa shape index (κ2) is 11.0. The quantitative estimate of drug-likeness (QED) is 0.275. The van der Waals surface area contributed by atoms with E-state index in [1.54, 1.807) is 13.4 Å². The Balaban J connectivity index is 1.94. The summed E-state index contributed by atoms with van der Waals surface area (Å²) in [4.78, 5) is 4.79. The van der Waals surface area contributed by atoms with Gasteiger partial charge in [0.2, 0.25) is 5.90 Å². The highest BCUT2D eigenvalue weighted by Gasteiger charge is 2.13. The van der Waals surface area contributed by atoms with Crippen LogP contribution in [0.3, 0.4) is 0 Å². The summed E-state index contributed by atoms with van der Waals surface area (Å²) >= 11 is 0. The van der Waals surface area contributed by atoms with Gasteiger partial charge in [-0.05, 0) is 68.7 Å². The van der Waals surface area contributed by atoms with Gasteiger partial charge in [-0.3, -0.25) is 0 Å². The van der Waals surface area contributed by atoms with E-state index in [0.29, 0.717) is 23.8 Å². The summed E-state index contributed by atoms with van der Waals surface area (Å²) in [6.45, 7) is 6.14. The maximum Gasteiger partial charge on any atom is 0.226 e. The Kier molecular flexibility index (Phi) is 7.88. The molecule has 0 heterocycles. The minimum atomic E-state index is 0.507. The SMILES string of the molecule is CCC(=COC1=CCC=CC=C1OC)C(=Nc1ccc(C)cc1)Oc1cccc(C)c1. The van der Waals surface area contributed by atoms with Crippen LogP contribution >= 0.6 is 0 Å². The van der Waals surface area contributed by atoms with Crippen molar-refractivity contribution in [3.63, 3.8) is 0 Å². The first-order valence-electron chi connectivity index (χ1n) is 10.5. The number of allylic oxidation sites excluding steroid dienone is 4. The van der Waals surface area contributed by atoms with Crippen LogP contribution in [-0.2, 0) is 9.47 Å². The van der Waals surface area contributed by atoms with Crippen molar-refractivity contribution in [2.45, 2.75) is 33.6 Å². The van der Waals surface area contributed by atoms with E-state index in [1.165, 1.54) is 5.56 Å². The topological polar surface area (TPSA) is 40.0 Å². The zero-order chi connectivity index (χ0) is 22.1. The maximum absolute atomic E-state index is 6.22. The molecule has 0 atom stereocenters. The number of ether oxygens (including phenoxy) is 3. The van der Waals surface area contributed by atoms with Gasteiger partial charge in [-0.15, -0.1) is 0 Å². The second-order valence-electron chi connectivity index (χ2n) is 7.25. The molecule has 0 fully saturated rings. The normalized spacial score (nSPS) is 14.5. The van der Waals surface area contributed by atoms with Crippen molar-refractivity contribution >= 4 is 11.6 Å². The summed E-state index contributed by atoms with van der Waals surface area (Å²) in [5.74, 6) is 2.59. The molecule has 31 heavy (non-hydrogen) atoms. The fourth-order valence-electron chi connectivity index (χ4n) is 2.97. The molecule has 1 aliphatic rings. The molecule has 0 aliphatic heterocycles. The van der Waals surface area contributed by atoms with Gasteiger partial charge in [0.1, 0.15) is 5.75 Å². The average Bonchev–Trinajstić information content (AvgIpc) is 3.00. The third-order valence-electron chi connectivity index (χ3n) is 4.74. The average molecular weight is 416 g/mol. The van der Waals surface area contributed by atoms with E-state index in [4.69, 9.17) is 19.2 Å². The highest BCUT2D eigenvalue weighted by molar-refractivity contribution is 5.96. The van der Waals surface area contributed by atoms with Crippen LogP contribution in [0.1, 0.15) is 30.9 Å². The number of aliphatic imine (C=N–C) groups is 1. The Morgan fingerprint density at radius 1 is 1.03 bits per heavy atom. The van der Waals surface area contributed by atoms with Crippen molar-refractivity contribution in [1.82, 2.24) is 0 Å². The molecule has 0 aromatic heterocycles. The number of benzene rings is 2. The highest BCUT2D eigenvalue weighted by Crippen LogP contribution is 2.22. The van der Waals surface area contributed by atoms with Gasteiger partial charge in [0.25, 0.3) is 0 Å². The van der Waals surface area contributed by atoms with Crippen LogP contribution < -0.4 is 4.74 Å². The molecule has 160 valence electrons. The predicted octanol–water partition coefficient (Wildman–Crippen LogP) is 7.10. The van der Waals surface area contributed by atoms with E-state index in [1.807, 2.05) is 79.8 Å². The summed E-state index contributed by atoms with van der Waals surface area (Å²) in [6, 6.07) is 16.0. The molecular weight excluding hydrogens is 386 g/mol. The standard InChI is InChI=1S/C27H29NO3/c1-5-22(19-30-26-13-8-6-7-12-25(26)29-4)27(28-23-16-14-20(2)15-17-23)31-24-11-9-10-21(3)18-24/h6-7,9-19H,5,8H2,1-4H3. The van der Waals surface area contributed by atoms with Gasteiger partial charge in [0, 0.05) is 5.57 Å². The monoisotopic (exact) mass is 415 g/mol. The summed E-state index contributed by atoms with van der Waals surface area (Å²) in [6.07, 6.45) is 11.1. The molecule has 0 bridgehead atoms. The molecule has 0 unspecified atom stereocenters. The van der Waals surface area contributed by atoms with Gasteiger partial charge < -0.3 is 14.2 Å². The molecule has 0 spiro atoms. The fraction of sp³-hybridized carbons (Fsp3) is 0.222. The van der Waals surface area contributed by atoms with E-state index >= 15 is 0 Å². The van der Waals surface area contributed by atoms with Crippen LogP contribution in [0.5, 0.6) is 5.75 Å². The Morgan fingerprint density at radius 2 is 1.84 bits per heavy atom. The molecule has 1 aliphatic carbocycles. The molecule has 0 N–H and O–H groups in total. The van der Waals surface area contributed by atoms with E-state index < -0.39 is 0 Å². The largest absolute Gasteiger partial charge is 0.493 e. The molecule has 0 radical (unpaired) electrons. The molecule has 0 amide bonds. The molecule has 4 heteroatoms. The zero-order valence-electron chi connectivity index (χ0n) is 18.6. The number of nitrogens with zero attached hydrogens (tertiary/aromatic N) is 1. The lowest BCUT2D eigenvalue weighted by Crippen LogP contribution is -2.12. The Morgan fingerprint density at radius 3 is 2.55 bits per heavy atom. The molecule has 2 aromatic carbocycles. The highest BCUT2D eigenvalue weighted by atomic mass is 16.5. The maximum atomic E-state index is 6.22. The molecule has 0 saturated carbocycles. The van der Waals surface area contributed by atoms with Crippen LogP contribution in [0.25, 0.3) is 0 Å². The second-order valence-corrected chi connectivity index (χ2v) is 7.25. The minimum absolute atomic E-state index is 0.507. The van der Waals surface area contributed by atoms with E-state index in [9.17, 15) is 0 Å². The van der Waals surface area contributed by atoms with Gasteiger partial charge in [0.15, 0.2) is 11.5 Å². The van der Waals surface area contributed by atoms with Crippen LogP contribution in [0.2, 0.25) is 0 Å². The van der Waals surface area contributed by atoms with Crippen molar-refractivity contribution < 1.29 is 14.2 Å². The Bertz CT molecular complexity index is 1040. The third-order valence-corrected chi connectivity index (χ3v) is 4.74. The minimum Gasteiger partial charge on any atom is -0.493 e. The summed E-state index contributed by atoms with van der Waals surface area (Å²) in [5, 5.41) is 0. The van der Waals surface area contributed by atoms with Crippen LogP contribution in [-0.4, -0.2) is 13.0 Å². The summed E-state index contributed by atoms with van der Waals surface area (Å²) < 4.78 is 17.7. The number of rotatable bonds is 7.